The predicted octanol–water partition coefficient (Wildman–Crippen LogP) is 2.94. The average molecular weight is 571 g/mol. The lowest BCUT2D eigenvalue weighted by Crippen LogP contribution is -2.49. The summed E-state index contributed by atoms with van der Waals surface area (Å²) in [4.78, 5) is 45.5. The molecule has 0 atom stereocenters. The third-order valence-electron chi connectivity index (χ3n) is 7.52. The summed E-state index contributed by atoms with van der Waals surface area (Å²) in [5, 5.41) is 9.02. The highest BCUT2D eigenvalue weighted by Gasteiger charge is 2.38. The van der Waals surface area contributed by atoms with Gasteiger partial charge < -0.3 is 26.6 Å². The van der Waals surface area contributed by atoms with Gasteiger partial charge in [0.25, 0.3) is 0 Å². The average Bonchev–Trinajstić information content (AvgIpc) is 2.99. The molecule has 3 rings (SSSR count). The molecule has 0 bridgehead atoms. The first kappa shape index (κ1) is 32.3. The van der Waals surface area contributed by atoms with Gasteiger partial charge in [-0.3, -0.25) is 19.4 Å². The number of aliphatic imine (C=N–C) groups is 1. The number of anilines is 1. The van der Waals surface area contributed by atoms with Gasteiger partial charge in [0.1, 0.15) is 13.2 Å². The summed E-state index contributed by atoms with van der Waals surface area (Å²) >= 11 is 0. The maximum Gasteiger partial charge on any atom is 0.244 e. The Kier molecular flexibility index (Phi) is 12.5. The van der Waals surface area contributed by atoms with Crippen molar-refractivity contribution in [2.75, 3.05) is 31.6 Å². The number of carbonyl (C=O) groups excluding carboxylic acids is 3. The zero-order valence-corrected chi connectivity index (χ0v) is 24.6. The van der Waals surface area contributed by atoms with Crippen molar-refractivity contribution in [3.63, 3.8) is 0 Å². The Morgan fingerprint density at radius 3 is 2.52 bits per heavy atom. The first-order valence-electron chi connectivity index (χ1n) is 14.4. The van der Waals surface area contributed by atoms with Crippen LogP contribution in [0.25, 0.3) is 0 Å². The number of rotatable bonds is 13. The molecule has 222 valence electrons. The number of terminal acetylenes is 1. The van der Waals surface area contributed by atoms with Gasteiger partial charge in [0.2, 0.25) is 17.7 Å². The van der Waals surface area contributed by atoms with Crippen LogP contribution in [0, 0.1) is 17.8 Å². The minimum absolute atomic E-state index is 0.0397. The van der Waals surface area contributed by atoms with E-state index in [2.05, 4.69) is 26.9 Å². The van der Waals surface area contributed by atoms with Gasteiger partial charge in [0, 0.05) is 30.4 Å². The van der Waals surface area contributed by atoms with E-state index in [1.54, 1.807) is 11.0 Å². The van der Waals surface area contributed by atoms with E-state index in [-0.39, 0.29) is 37.4 Å². The molecule has 5 N–H and O–H groups in total. The Hall–Kier alpha value is -4.26. The number of piperidine rings is 1. The molecule has 0 radical (unpaired) electrons. The van der Waals surface area contributed by atoms with Crippen molar-refractivity contribution in [2.24, 2.45) is 16.1 Å². The van der Waals surface area contributed by atoms with Crippen LogP contribution in [0.15, 0.2) is 59.6 Å². The molecule has 0 spiro atoms. The fourth-order valence-corrected chi connectivity index (χ4v) is 5.06. The van der Waals surface area contributed by atoms with E-state index in [1.165, 1.54) is 12.3 Å². The minimum atomic E-state index is -0.547. The second kappa shape index (κ2) is 16.2. The Labute approximate surface area is 249 Å². The summed E-state index contributed by atoms with van der Waals surface area (Å²) in [7, 11) is 0. The maximum atomic E-state index is 13.9. The summed E-state index contributed by atoms with van der Waals surface area (Å²) in [6.45, 7) is 6.20. The lowest BCUT2D eigenvalue weighted by Gasteiger charge is -2.37. The lowest BCUT2D eigenvalue weighted by molar-refractivity contribution is -0.145. The zero-order chi connectivity index (χ0) is 30.4. The van der Waals surface area contributed by atoms with E-state index in [1.807, 2.05) is 56.3 Å². The number of hydrogen-bond acceptors (Lipinski definition) is 6. The molecule has 2 aromatic rings. The molecule has 9 heteroatoms. The van der Waals surface area contributed by atoms with Gasteiger partial charge in [-0.25, -0.2) is 0 Å². The molecule has 0 unspecified atom stereocenters. The Morgan fingerprint density at radius 2 is 1.83 bits per heavy atom. The molecule has 1 fully saturated rings. The number of nitrogens with one attached hydrogen (secondary N) is 3. The predicted molar refractivity (Wildman–Crippen MR) is 168 cm³/mol. The van der Waals surface area contributed by atoms with Crippen LogP contribution in [0.1, 0.15) is 48.9 Å². The summed E-state index contributed by atoms with van der Waals surface area (Å²) < 4.78 is 0. The second-order valence-corrected chi connectivity index (χ2v) is 10.6. The number of amides is 3. The Balaban J connectivity index is 1.73. The smallest absolute Gasteiger partial charge is 0.244 e. The van der Waals surface area contributed by atoms with Gasteiger partial charge in [0.15, 0.2) is 0 Å². The van der Waals surface area contributed by atoms with E-state index in [4.69, 9.17) is 12.2 Å². The number of carbonyl (C=O) groups is 3. The van der Waals surface area contributed by atoms with Crippen molar-refractivity contribution in [1.82, 2.24) is 15.5 Å². The molecular weight excluding hydrogens is 528 g/mol. The highest BCUT2D eigenvalue weighted by atomic mass is 16.2. The molecule has 1 saturated heterocycles. The first-order chi connectivity index (χ1) is 20.3. The van der Waals surface area contributed by atoms with Gasteiger partial charge in [0.05, 0.1) is 6.42 Å². The van der Waals surface area contributed by atoms with Gasteiger partial charge in [-0.05, 0) is 78.9 Å². The Bertz CT molecular complexity index is 1340. The van der Waals surface area contributed by atoms with E-state index < -0.39 is 5.41 Å². The largest absolute Gasteiger partial charge is 0.337 e. The SMILES string of the molecule is C#C/C=C\C=N/CNC(=O)Cc1cc(NC(=O)CN(Cc2ccccc2CN)C(=O)C2(C)CCNCC2)ccc1CC. The van der Waals surface area contributed by atoms with Crippen molar-refractivity contribution in [3.05, 3.63) is 76.9 Å². The monoisotopic (exact) mass is 570 g/mol. The van der Waals surface area contributed by atoms with Gasteiger partial charge in [-0.15, -0.1) is 6.42 Å². The third-order valence-corrected chi connectivity index (χ3v) is 7.52. The number of hydrogen-bond donors (Lipinski definition) is 4. The molecule has 42 heavy (non-hydrogen) atoms. The van der Waals surface area contributed by atoms with E-state index in [9.17, 15) is 14.4 Å². The molecule has 1 aliphatic heterocycles. The van der Waals surface area contributed by atoms with E-state index in [0.29, 0.717) is 31.6 Å². The molecule has 0 aromatic heterocycles. The molecule has 0 saturated carbocycles. The quantitative estimate of drug-likeness (QED) is 0.217. The third kappa shape index (κ3) is 9.40. The summed E-state index contributed by atoms with van der Waals surface area (Å²) in [5.74, 6) is 1.84. The van der Waals surface area contributed by atoms with Crippen LogP contribution in [0.5, 0.6) is 0 Å². The number of aryl methyl sites for hydroxylation is 1. The summed E-state index contributed by atoms with van der Waals surface area (Å²) in [5.41, 5.74) is 9.68. The topological polar surface area (TPSA) is 129 Å². The fraction of sp³-hybridized carbons (Fsp3) is 0.394. The highest BCUT2D eigenvalue weighted by molar-refractivity contribution is 5.95. The van der Waals surface area contributed by atoms with E-state index in [0.717, 1.165) is 41.8 Å². The molecule has 9 nitrogen and oxygen atoms in total. The van der Waals surface area contributed by atoms with Crippen molar-refractivity contribution in [2.45, 2.75) is 52.6 Å². The Morgan fingerprint density at radius 1 is 1.10 bits per heavy atom. The molecular formula is C33H42N6O3. The molecule has 1 aliphatic rings. The normalized spacial score (nSPS) is 14.4. The van der Waals surface area contributed by atoms with Gasteiger partial charge in [-0.2, -0.15) is 0 Å². The molecule has 3 amide bonds. The molecule has 0 aliphatic carbocycles. The number of nitrogens with two attached hydrogens (primary N) is 1. The first-order valence-corrected chi connectivity index (χ1v) is 14.4. The highest BCUT2D eigenvalue weighted by Crippen LogP contribution is 2.31. The second-order valence-electron chi connectivity index (χ2n) is 10.6. The van der Waals surface area contributed by atoms with Crippen LogP contribution in [-0.2, 0) is 40.3 Å². The van der Waals surface area contributed by atoms with Crippen LogP contribution >= 0.6 is 0 Å². The van der Waals surface area contributed by atoms with Crippen molar-refractivity contribution in [1.29, 1.82) is 0 Å². The van der Waals surface area contributed by atoms with Crippen LogP contribution in [0.4, 0.5) is 5.69 Å². The van der Waals surface area contributed by atoms with Gasteiger partial charge >= 0.3 is 0 Å². The number of benzene rings is 2. The van der Waals surface area contributed by atoms with Crippen LogP contribution in [0.3, 0.4) is 0 Å². The maximum absolute atomic E-state index is 13.9. The number of nitrogens with zero attached hydrogens (tertiary/aromatic N) is 2. The fourth-order valence-electron chi connectivity index (χ4n) is 5.06. The van der Waals surface area contributed by atoms with Crippen molar-refractivity contribution in [3.8, 4) is 12.3 Å². The molecule has 1 heterocycles. The summed E-state index contributed by atoms with van der Waals surface area (Å²) in [6, 6.07) is 13.3. The van der Waals surface area contributed by atoms with Crippen LogP contribution in [0.2, 0.25) is 0 Å². The van der Waals surface area contributed by atoms with Crippen molar-refractivity contribution < 1.29 is 14.4 Å². The van der Waals surface area contributed by atoms with Crippen LogP contribution in [-0.4, -0.2) is 55.1 Å². The zero-order valence-electron chi connectivity index (χ0n) is 24.6. The van der Waals surface area contributed by atoms with Gasteiger partial charge in [-0.1, -0.05) is 50.1 Å². The van der Waals surface area contributed by atoms with E-state index >= 15 is 0 Å². The minimum Gasteiger partial charge on any atom is -0.337 e. The van der Waals surface area contributed by atoms with Crippen molar-refractivity contribution >= 4 is 29.6 Å². The summed E-state index contributed by atoms with van der Waals surface area (Å²) in [6.07, 6.45) is 12.1. The number of allylic oxidation sites excluding steroid dienone is 2. The molecule has 2 aromatic carbocycles. The lowest BCUT2D eigenvalue weighted by atomic mass is 9.79. The van der Waals surface area contributed by atoms with Crippen LogP contribution < -0.4 is 21.7 Å². The standard InChI is InChI=1S/C33H42N6O3/c1-4-6-9-16-36-24-37-30(40)20-28-19-29(13-12-25(28)5-2)38-31(41)23-39(22-27-11-8-7-10-26(27)21-34)32(42)33(3)14-17-35-18-15-33/h1,6-13,16,19,35H,5,14-15,17-18,20-24,34H2,2-3H3,(H,37,40)(H,38,41)/b9-6-,36-16-.